The minimum absolute atomic E-state index is 0. The van der Waals surface area contributed by atoms with Gasteiger partial charge in [-0.1, -0.05) is 0 Å². The van der Waals surface area contributed by atoms with Crippen molar-refractivity contribution in [2.45, 2.75) is 25.3 Å². The van der Waals surface area contributed by atoms with Crippen LogP contribution in [0, 0.1) is 0 Å². The minimum Gasteiger partial charge on any atom is -0.363 e. The molecule has 2 aromatic rings. The monoisotopic (exact) mass is 476 g/mol. The first kappa shape index (κ1) is 19.5. The molecule has 0 saturated carbocycles. The van der Waals surface area contributed by atoms with Crippen molar-refractivity contribution in [3.05, 3.63) is 39.9 Å². The third-order valence-corrected chi connectivity index (χ3v) is 5.82. The number of nitrogens with zero attached hydrogens (tertiary/aromatic N) is 2. The molecule has 24 heavy (non-hydrogen) atoms. The average Bonchev–Trinajstić information content (AvgIpc) is 3.28. The topological polar surface area (TPSA) is 39.7 Å². The second kappa shape index (κ2) is 10.2. The molecular formula is C17H25IN4S2. The highest BCUT2D eigenvalue weighted by atomic mass is 127. The second-order valence-electron chi connectivity index (χ2n) is 5.74. The fourth-order valence-electron chi connectivity index (χ4n) is 2.84. The summed E-state index contributed by atoms with van der Waals surface area (Å²) in [7, 11) is 1.85. The number of hydrogen-bond donors (Lipinski definition) is 2. The number of nitrogens with one attached hydrogen (secondary N) is 2. The molecule has 0 spiro atoms. The molecule has 1 aliphatic heterocycles. The van der Waals surface area contributed by atoms with Crippen LogP contribution >= 0.6 is 46.7 Å². The lowest BCUT2D eigenvalue weighted by Gasteiger charge is -2.33. The lowest BCUT2D eigenvalue weighted by Crippen LogP contribution is -2.49. The fraction of sp³-hybridized carbons (Fsp3) is 0.471. The van der Waals surface area contributed by atoms with Crippen LogP contribution < -0.4 is 15.5 Å². The Morgan fingerprint density at radius 1 is 1.29 bits per heavy atom. The van der Waals surface area contributed by atoms with Crippen LogP contribution in [0.25, 0.3) is 0 Å². The van der Waals surface area contributed by atoms with Gasteiger partial charge in [0.05, 0.1) is 5.00 Å². The number of halogens is 1. The zero-order chi connectivity index (χ0) is 15.9. The molecule has 1 saturated heterocycles. The Hall–Kier alpha value is -0.800. The summed E-state index contributed by atoms with van der Waals surface area (Å²) in [6.07, 6.45) is 3.35. The minimum atomic E-state index is 0. The third-order valence-electron chi connectivity index (χ3n) is 4.16. The average molecular weight is 476 g/mol. The molecule has 0 aliphatic carbocycles. The van der Waals surface area contributed by atoms with Crippen molar-refractivity contribution in [1.29, 1.82) is 0 Å². The lowest BCUT2D eigenvalue weighted by atomic mass is 10.1. The Bertz CT molecular complexity index is 590. The van der Waals surface area contributed by atoms with Crippen molar-refractivity contribution < 1.29 is 0 Å². The first-order valence-corrected chi connectivity index (χ1v) is 9.94. The fourth-order valence-corrected chi connectivity index (χ4v) is 4.33. The van der Waals surface area contributed by atoms with Crippen molar-refractivity contribution in [1.82, 2.24) is 10.6 Å². The largest absolute Gasteiger partial charge is 0.363 e. The lowest BCUT2D eigenvalue weighted by molar-refractivity contribution is 0.463. The van der Waals surface area contributed by atoms with Crippen LogP contribution in [0.2, 0.25) is 0 Å². The summed E-state index contributed by atoms with van der Waals surface area (Å²) in [5.41, 5.74) is 1.39. The van der Waals surface area contributed by atoms with Gasteiger partial charge in [-0.3, -0.25) is 4.99 Å². The first-order chi connectivity index (χ1) is 11.3. The van der Waals surface area contributed by atoms with Crippen LogP contribution in [0.15, 0.2) is 39.3 Å². The van der Waals surface area contributed by atoms with Crippen molar-refractivity contribution >= 4 is 57.6 Å². The number of rotatable bonds is 5. The summed E-state index contributed by atoms with van der Waals surface area (Å²) in [4.78, 5) is 6.84. The van der Waals surface area contributed by atoms with Gasteiger partial charge in [0, 0.05) is 32.7 Å². The van der Waals surface area contributed by atoms with Crippen LogP contribution in [-0.4, -0.2) is 38.7 Å². The molecule has 0 atom stereocenters. The number of anilines is 1. The Morgan fingerprint density at radius 2 is 2.12 bits per heavy atom. The van der Waals surface area contributed by atoms with Crippen LogP contribution in [0.4, 0.5) is 5.00 Å². The Kier molecular flexibility index (Phi) is 8.34. The van der Waals surface area contributed by atoms with E-state index in [2.05, 4.69) is 54.9 Å². The molecule has 0 bridgehead atoms. The number of guanidine groups is 1. The summed E-state index contributed by atoms with van der Waals surface area (Å²) < 4.78 is 0. The van der Waals surface area contributed by atoms with E-state index in [0.29, 0.717) is 6.04 Å². The molecule has 132 valence electrons. The van der Waals surface area contributed by atoms with E-state index in [1.165, 1.54) is 10.6 Å². The van der Waals surface area contributed by atoms with E-state index in [4.69, 9.17) is 0 Å². The molecule has 2 aromatic heterocycles. The molecule has 0 radical (unpaired) electrons. The van der Waals surface area contributed by atoms with E-state index < -0.39 is 0 Å². The molecule has 3 rings (SSSR count). The van der Waals surface area contributed by atoms with Gasteiger partial charge in [0.2, 0.25) is 0 Å². The predicted octanol–water partition coefficient (Wildman–Crippen LogP) is 3.80. The molecule has 1 fully saturated rings. The highest BCUT2D eigenvalue weighted by Crippen LogP contribution is 2.24. The number of thiophene rings is 2. The molecular weight excluding hydrogens is 451 g/mol. The van der Waals surface area contributed by atoms with E-state index in [1.807, 2.05) is 18.4 Å². The van der Waals surface area contributed by atoms with Gasteiger partial charge in [-0.05, 0) is 59.2 Å². The summed E-state index contributed by atoms with van der Waals surface area (Å²) in [6, 6.07) is 7.04. The molecule has 3 heterocycles. The summed E-state index contributed by atoms with van der Waals surface area (Å²) in [6.45, 7) is 3.15. The summed E-state index contributed by atoms with van der Waals surface area (Å²) in [5.74, 6) is 0.926. The van der Waals surface area contributed by atoms with Crippen molar-refractivity contribution in [3.63, 3.8) is 0 Å². The number of aliphatic imine (C=N–C) groups is 1. The van der Waals surface area contributed by atoms with Crippen molar-refractivity contribution in [2.75, 3.05) is 31.6 Å². The Balaban J connectivity index is 0.00000208. The summed E-state index contributed by atoms with van der Waals surface area (Å²) >= 11 is 3.58. The molecule has 0 amide bonds. The normalized spacial score (nSPS) is 15.9. The standard InChI is InChI=1S/C17H24N4S2.HI/c1-18-17(19-8-4-14-7-12-22-13-14)20-15-5-9-21(10-6-15)16-3-2-11-23-16;/h2-3,7,11-13,15H,4-6,8-10H2,1H3,(H2,18,19,20);1H. The van der Waals surface area contributed by atoms with Gasteiger partial charge in [0.25, 0.3) is 0 Å². The van der Waals surface area contributed by atoms with E-state index >= 15 is 0 Å². The van der Waals surface area contributed by atoms with Crippen LogP contribution in [0.3, 0.4) is 0 Å². The highest BCUT2D eigenvalue weighted by Gasteiger charge is 2.20. The van der Waals surface area contributed by atoms with Crippen LogP contribution in [0.1, 0.15) is 18.4 Å². The van der Waals surface area contributed by atoms with Crippen molar-refractivity contribution in [3.8, 4) is 0 Å². The van der Waals surface area contributed by atoms with Gasteiger partial charge < -0.3 is 15.5 Å². The zero-order valence-electron chi connectivity index (χ0n) is 13.9. The first-order valence-electron chi connectivity index (χ1n) is 8.12. The molecule has 7 heteroatoms. The SMILES string of the molecule is CN=C(NCCc1ccsc1)NC1CCN(c2cccs2)CC1.I. The zero-order valence-corrected chi connectivity index (χ0v) is 17.9. The predicted molar refractivity (Wildman–Crippen MR) is 117 cm³/mol. The smallest absolute Gasteiger partial charge is 0.191 e. The number of piperidine rings is 1. The van der Waals surface area contributed by atoms with Crippen LogP contribution in [-0.2, 0) is 6.42 Å². The maximum Gasteiger partial charge on any atom is 0.191 e. The highest BCUT2D eigenvalue weighted by molar-refractivity contribution is 14.0. The quantitative estimate of drug-likeness (QED) is 0.392. The Morgan fingerprint density at radius 3 is 2.75 bits per heavy atom. The molecule has 1 aliphatic rings. The maximum absolute atomic E-state index is 4.36. The van der Waals surface area contributed by atoms with Gasteiger partial charge in [0.1, 0.15) is 0 Å². The third kappa shape index (κ3) is 5.63. The van der Waals surface area contributed by atoms with E-state index in [9.17, 15) is 0 Å². The van der Waals surface area contributed by atoms with E-state index in [1.54, 1.807) is 11.3 Å². The summed E-state index contributed by atoms with van der Waals surface area (Å²) in [5, 5.41) is 14.9. The van der Waals surface area contributed by atoms with Crippen molar-refractivity contribution in [2.24, 2.45) is 4.99 Å². The molecule has 0 unspecified atom stereocenters. The van der Waals surface area contributed by atoms with Gasteiger partial charge in [-0.2, -0.15) is 11.3 Å². The molecule has 2 N–H and O–H groups in total. The number of hydrogen-bond acceptors (Lipinski definition) is 4. The van der Waals surface area contributed by atoms with Gasteiger partial charge in [-0.25, -0.2) is 0 Å². The van der Waals surface area contributed by atoms with E-state index in [-0.39, 0.29) is 24.0 Å². The molecule has 4 nitrogen and oxygen atoms in total. The maximum atomic E-state index is 4.36. The van der Waals surface area contributed by atoms with Crippen LogP contribution in [0.5, 0.6) is 0 Å². The van der Waals surface area contributed by atoms with E-state index in [0.717, 1.165) is 44.9 Å². The Labute approximate surface area is 169 Å². The second-order valence-corrected chi connectivity index (χ2v) is 7.44. The van der Waals surface area contributed by atoms with Gasteiger partial charge in [0.15, 0.2) is 5.96 Å². The van der Waals surface area contributed by atoms with Gasteiger partial charge >= 0.3 is 0 Å². The van der Waals surface area contributed by atoms with Gasteiger partial charge in [-0.15, -0.1) is 35.3 Å². The molecule has 0 aromatic carbocycles.